The van der Waals surface area contributed by atoms with Gasteiger partial charge in [0.25, 0.3) is 0 Å². The number of piperidine rings is 1. The normalized spacial score (nSPS) is 17.7. The zero-order chi connectivity index (χ0) is 24.7. The van der Waals surface area contributed by atoms with Crippen LogP contribution >= 0.6 is 23.2 Å². The molecule has 4 rings (SSSR count). The molecule has 0 radical (unpaired) electrons. The lowest BCUT2D eigenvalue weighted by atomic mass is 9.92. The van der Waals surface area contributed by atoms with Crippen LogP contribution < -0.4 is 19.7 Å². The van der Waals surface area contributed by atoms with Gasteiger partial charge in [0.05, 0.1) is 21.4 Å². The first-order valence-corrected chi connectivity index (χ1v) is 11.2. The first-order valence-electron chi connectivity index (χ1n) is 10.4. The third-order valence-electron chi connectivity index (χ3n) is 5.84. The van der Waals surface area contributed by atoms with Crippen molar-refractivity contribution in [3.05, 3.63) is 45.7 Å². The molecule has 34 heavy (non-hydrogen) atoms. The fourth-order valence-electron chi connectivity index (χ4n) is 4.04. The van der Waals surface area contributed by atoms with Gasteiger partial charge < -0.3 is 24.8 Å². The van der Waals surface area contributed by atoms with Crippen LogP contribution in [0.4, 0.5) is 28.9 Å². The first-order chi connectivity index (χ1) is 15.9. The van der Waals surface area contributed by atoms with Crippen LogP contribution in [-0.4, -0.2) is 42.7 Å². The van der Waals surface area contributed by atoms with E-state index in [0.717, 1.165) is 6.07 Å². The molecule has 1 amide bonds. The molecule has 2 aromatic rings. The number of nitrogens with one attached hydrogen (secondary N) is 1. The standard InChI is InChI=1S/C22H20Cl2F4N2O4/c23-13-9-14(24)18(34-22(26,27)28)10-16(13)30-7-5-21(32,6-8-30)11-33-17-3-2-15(25)20-12(17)1-4-19(31)29-20/h2-3,9-10,32H,1,4-8,11H2,(H,29,31). The Morgan fingerprint density at radius 3 is 2.47 bits per heavy atom. The lowest BCUT2D eigenvalue weighted by Crippen LogP contribution is -2.48. The summed E-state index contributed by atoms with van der Waals surface area (Å²) in [6, 6.07) is 4.95. The zero-order valence-electron chi connectivity index (χ0n) is 17.6. The van der Waals surface area contributed by atoms with Crippen LogP contribution in [-0.2, 0) is 11.2 Å². The summed E-state index contributed by atoms with van der Waals surface area (Å²) < 4.78 is 61.8. The highest BCUT2D eigenvalue weighted by atomic mass is 35.5. The van der Waals surface area contributed by atoms with Gasteiger partial charge in [0.2, 0.25) is 5.91 Å². The second-order valence-electron chi connectivity index (χ2n) is 8.23. The number of alkyl halides is 3. The minimum absolute atomic E-state index is 0.0797. The molecule has 6 nitrogen and oxygen atoms in total. The lowest BCUT2D eigenvalue weighted by Gasteiger charge is -2.39. The molecule has 0 aromatic heterocycles. The molecule has 12 heteroatoms. The molecule has 1 saturated heterocycles. The Balaban J connectivity index is 1.43. The van der Waals surface area contributed by atoms with E-state index in [4.69, 9.17) is 27.9 Å². The van der Waals surface area contributed by atoms with Gasteiger partial charge in [0, 0.05) is 31.1 Å². The van der Waals surface area contributed by atoms with Crippen molar-refractivity contribution in [2.45, 2.75) is 37.6 Å². The van der Waals surface area contributed by atoms with Crippen molar-refractivity contribution in [2.24, 2.45) is 0 Å². The smallest absolute Gasteiger partial charge is 0.490 e. The number of hydrogen-bond donors (Lipinski definition) is 2. The minimum atomic E-state index is -4.91. The summed E-state index contributed by atoms with van der Waals surface area (Å²) in [5, 5.41) is 13.4. The summed E-state index contributed by atoms with van der Waals surface area (Å²) in [4.78, 5) is 13.3. The number of halogens is 6. The molecule has 0 saturated carbocycles. The van der Waals surface area contributed by atoms with Gasteiger partial charge in [-0.3, -0.25) is 4.79 Å². The Morgan fingerprint density at radius 1 is 1.09 bits per heavy atom. The lowest BCUT2D eigenvalue weighted by molar-refractivity contribution is -0.274. The van der Waals surface area contributed by atoms with Crippen LogP contribution in [0.3, 0.4) is 0 Å². The van der Waals surface area contributed by atoms with Crippen molar-refractivity contribution in [3.63, 3.8) is 0 Å². The summed E-state index contributed by atoms with van der Waals surface area (Å²) in [5.74, 6) is -1.02. The van der Waals surface area contributed by atoms with E-state index < -0.39 is 23.5 Å². The van der Waals surface area contributed by atoms with E-state index in [-0.39, 0.29) is 60.6 Å². The van der Waals surface area contributed by atoms with Crippen molar-refractivity contribution in [3.8, 4) is 11.5 Å². The highest BCUT2D eigenvalue weighted by molar-refractivity contribution is 6.37. The predicted molar refractivity (Wildman–Crippen MR) is 118 cm³/mol. The van der Waals surface area contributed by atoms with E-state index in [9.17, 15) is 27.5 Å². The van der Waals surface area contributed by atoms with Crippen LogP contribution in [0.2, 0.25) is 10.0 Å². The van der Waals surface area contributed by atoms with Gasteiger partial charge in [-0.2, -0.15) is 0 Å². The quantitative estimate of drug-likeness (QED) is 0.519. The summed E-state index contributed by atoms with van der Waals surface area (Å²) in [7, 11) is 0. The third-order valence-corrected chi connectivity index (χ3v) is 6.44. The summed E-state index contributed by atoms with van der Waals surface area (Å²) in [6.07, 6.45) is -3.91. The number of hydrogen-bond acceptors (Lipinski definition) is 5. The molecule has 2 aliphatic rings. The van der Waals surface area contributed by atoms with Crippen molar-refractivity contribution in [2.75, 3.05) is 29.9 Å². The van der Waals surface area contributed by atoms with E-state index in [2.05, 4.69) is 10.1 Å². The molecule has 0 aliphatic carbocycles. The van der Waals surface area contributed by atoms with E-state index in [1.165, 1.54) is 18.2 Å². The zero-order valence-corrected chi connectivity index (χ0v) is 19.2. The van der Waals surface area contributed by atoms with Crippen LogP contribution in [0.5, 0.6) is 11.5 Å². The number of carbonyl (C=O) groups is 1. The number of aliphatic hydroxyl groups is 1. The van der Waals surface area contributed by atoms with Crippen molar-refractivity contribution < 1.29 is 36.9 Å². The maximum Gasteiger partial charge on any atom is 0.573 e. The fraction of sp³-hybridized carbons (Fsp3) is 0.409. The average molecular weight is 523 g/mol. The molecule has 2 aromatic carbocycles. The number of rotatable bonds is 5. The number of benzene rings is 2. The number of ether oxygens (including phenoxy) is 2. The van der Waals surface area contributed by atoms with E-state index >= 15 is 0 Å². The highest BCUT2D eigenvalue weighted by Gasteiger charge is 2.36. The van der Waals surface area contributed by atoms with Crippen LogP contribution in [0, 0.1) is 5.82 Å². The van der Waals surface area contributed by atoms with Gasteiger partial charge >= 0.3 is 6.36 Å². The third kappa shape index (κ3) is 5.45. The van der Waals surface area contributed by atoms with Gasteiger partial charge in [-0.1, -0.05) is 23.2 Å². The topological polar surface area (TPSA) is 71.0 Å². The molecule has 2 heterocycles. The molecule has 0 spiro atoms. The number of nitrogens with zero attached hydrogens (tertiary/aromatic N) is 1. The van der Waals surface area contributed by atoms with Crippen molar-refractivity contribution in [1.82, 2.24) is 0 Å². The van der Waals surface area contributed by atoms with Crippen molar-refractivity contribution in [1.29, 1.82) is 0 Å². The highest BCUT2D eigenvalue weighted by Crippen LogP contribution is 2.40. The molecule has 2 N–H and O–H groups in total. The van der Waals surface area contributed by atoms with E-state index in [0.29, 0.717) is 23.4 Å². The Kier molecular flexibility index (Phi) is 6.76. The Hall–Kier alpha value is -2.43. The summed E-state index contributed by atoms with van der Waals surface area (Å²) in [6.45, 7) is 0.484. The monoisotopic (exact) mass is 522 g/mol. The molecule has 1 fully saturated rings. The average Bonchev–Trinajstić information content (AvgIpc) is 2.75. The molecule has 184 valence electrons. The second-order valence-corrected chi connectivity index (χ2v) is 9.04. The molecular weight excluding hydrogens is 503 g/mol. The maximum absolute atomic E-state index is 14.1. The Labute approximate surface area is 202 Å². The second kappa shape index (κ2) is 9.31. The van der Waals surface area contributed by atoms with Crippen LogP contribution in [0.15, 0.2) is 24.3 Å². The van der Waals surface area contributed by atoms with Crippen LogP contribution in [0.25, 0.3) is 0 Å². The molecule has 0 bridgehead atoms. The van der Waals surface area contributed by atoms with Crippen molar-refractivity contribution >= 4 is 40.5 Å². The van der Waals surface area contributed by atoms with Gasteiger partial charge in [-0.15, -0.1) is 13.2 Å². The van der Waals surface area contributed by atoms with Crippen LogP contribution in [0.1, 0.15) is 24.8 Å². The van der Waals surface area contributed by atoms with Gasteiger partial charge in [0.15, 0.2) is 0 Å². The maximum atomic E-state index is 14.1. The van der Waals surface area contributed by atoms with E-state index in [1.54, 1.807) is 4.90 Å². The Bertz CT molecular complexity index is 1110. The Morgan fingerprint density at radius 2 is 1.79 bits per heavy atom. The number of amides is 1. The molecule has 2 aliphatic heterocycles. The largest absolute Gasteiger partial charge is 0.573 e. The molecular formula is C22H20Cl2F4N2O4. The molecule has 0 unspecified atom stereocenters. The number of fused-ring (bicyclic) bond motifs is 1. The van der Waals surface area contributed by atoms with Gasteiger partial charge in [0.1, 0.15) is 29.5 Å². The predicted octanol–water partition coefficient (Wildman–Crippen LogP) is 5.33. The summed E-state index contributed by atoms with van der Waals surface area (Å²) in [5.41, 5.74) is -0.299. The van der Waals surface area contributed by atoms with Gasteiger partial charge in [-0.05, 0) is 37.5 Å². The fourth-order valence-corrected chi connectivity index (χ4v) is 4.58. The van der Waals surface area contributed by atoms with Gasteiger partial charge in [-0.25, -0.2) is 4.39 Å². The SMILES string of the molecule is O=C1CCc2c(OCC3(O)CCN(c4cc(OC(F)(F)F)c(Cl)cc4Cl)CC3)ccc(F)c2N1. The summed E-state index contributed by atoms with van der Waals surface area (Å²) >= 11 is 12.0. The number of carbonyl (C=O) groups excluding carboxylic acids is 1. The minimum Gasteiger partial charge on any atom is -0.490 e. The van der Waals surface area contributed by atoms with E-state index in [1.807, 2.05) is 0 Å². The first kappa shape index (κ1) is 24.7. The molecule has 0 atom stereocenters. The number of anilines is 2.